The first-order chi connectivity index (χ1) is 10.2. The van der Waals surface area contributed by atoms with Crippen LogP contribution in [-0.2, 0) is 20.3 Å². The molecule has 1 heterocycles. The number of rotatable bonds is 3. The molecular formula is C14H13F3O4S. The number of ether oxygens (including phenoxy) is 2. The molecule has 0 N–H and O–H groups in total. The molecule has 8 heteroatoms. The quantitative estimate of drug-likeness (QED) is 0.798. The summed E-state index contributed by atoms with van der Waals surface area (Å²) in [6.45, 7) is 1.45. The highest BCUT2D eigenvalue weighted by Crippen LogP contribution is 2.38. The molecule has 0 bridgehead atoms. The molecule has 0 aromatic heterocycles. The Morgan fingerprint density at radius 3 is 2.64 bits per heavy atom. The maximum absolute atomic E-state index is 13.1. The first-order valence-electron chi connectivity index (χ1n) is 6.33. The van der Waals surface area contributed by atoms with Gasteiger partial charge in [-0.25, -0.2) is 4.79 Å². The first kappa shape index (κ1) is 16.5. The monoisotopic (exact) mass is 334 g/mol. The van der Waals surface area contributed by atoms with Crippen LogP contribution in [0.5, 0.6) is 5.75 Å². The van der Waals surface area contributed by atoms with Crippen molar-refractivity contribution in [2.45, 2.75) is 24.1 Å². The summed E-state index contributed by atoms with van der Waals surface area (Å²) in [5.74, 6) is -1.11. The van der Waals surface area contributed by atoms with Crippen molar-refractivity contribution < 1.29 is 31.6 Å². The van der Waals surface area contributed by atoms with Gasteiger partial charge in [0, 0.05) is 27.5 Å². The molecule has 0 aliphatic carbocycles. The number of fused-ring (bicyclic) bond motifs is 1. The van der Waals surface area contributed by atoms with Crippen molar-refractivity contribution in [3.63, 3.8) is 0 Å². The fourth-order valence-corrected chi connectivity index (χ4v) is 2.54. The zero-order valence-electron chi connectivity index (χ0n) is 11.8. The van der Waals surface area contributed by atoms with Gasteiger partial charge in [0.05, 0.1) is 12.2 Å². The molecule has 1 aliphatic heterocycles. The summed E-state index contributed by atoms with van der Waals surface area (Å²) in [4.78, 5) is 12.2. The van der Waals surface area contributed by atoms with Gasteiger partial charge in [-0.15, -0.1) is 0 Å². The molecule has 0 spiro atoms. The van der Waals surface area contributed by atoms with Gasteiger partial charge in [0.15, 0.2) is 0 Å². The Bertz CT molecular complexity index is 652. The summed E-state index contributed by atoms with van der Waals surface area (Å²) in [5, 5.41) is 0. The van der Waals surface area contributed by atoms with Crippen LogP contribution in [-0.4, -0.2) is 35.3 Å². The molecule has 2 atom stereocenters. The van der Waals surface area contributed by atoms with Gasteiger partial charge in [-0.3, -0.25) is 4.21 Å². The predicted octanol–water partition coefficient (Wildman–Crippen LogP) is 2.69. The zero-order chi connectivity index (χ0) is 16.5. The van der Waals surface area contributed by atoms with Gasteiger partial charge >= 0.3 is 12.1 Å². The van der Waals surface area contributed by atoms with Crippen molar-refractivity contribution in [3.05, 3.63) is 29.3 Å². The van der Waals surface area contributed by atoms with Crippen molar-refractivity contribution in [1.82, 2.24) is 0 Å². The third-order valence-corrected chi connectivity index (χ3v) is 3.88. The summed E-state index contributed by atoms with van der Waals surface area (Å²) < 4.78 is 60.2. The lowest BCUT2D eigenvalue weighted by Crippen LogP contribution is -2.40. The van der Waals surface area contributed by atoms with Gasteiger partial charge in [-0.2, -0.15) is 13.2 Å². The van der Waals surface area contributed by atoms with E-state index in [4.69, 9.17) is 4.74 Å². The molecule has 2 rings (SSSR count). The van der Waals surface area contributed by atoms with E-state index in [1.807, 2.05) is 0 Å². The van der Waals surface area contributed by atoms with E-state index in [-0.39, 0.29) is 17.9 Å². The molecule has 4 nitrogen and oxygen atoms in total. The van der Waals surface area contributed by atoms with Gasteiger partial charge in [-0.05, 0) is 31.2 Å². The lowest BCUT2D eigenvalue weighted by molar-refractivity contribution is -0.187. The number of benzene rings is 1. The predicted molar refractivity (Wildman–Crippen MR) is 73.9 cm³/mol. The van der Waals surface area contributed by atoms with Gasteiger partial charge in [-0.1, -0.05) is 0 Å². The number of hydrogen-bond acceptors (Lipinski definition) is 4. The maximum atomic E-state index is 13.1. The molecule has 1 aliphatic rings. The van der Waals surface area contributed by atoms with Gasteiger partial charge < -0.3 is 9.47 Å². The topological polar surface area (TPSA) is 52.6 Å². The molecule has 120 valence electrons. The second-order valence-electron chi connectivity index (χ2n) is 4.51. The van der Waals surface area contributed by atoms with Gasteiger partial charge in [0.1, 0.15) is 5.75 Å². The van der Waals surface area contributed by atoms with E-state index in [0.29, 0.717) is 4.90 Å². The SMILES string of the molecule is CCOC(=O)C1=Cc2cc(S(C)=O)ccc2OC1C(F)(F)F. The Hall–Kier alpha value is -1.83. The number of alkyl halides is 3. The largest absolute Gasteiger partial charge is 0.475 e. The highest BCUT2D eigenvalue weighted by molar-refractivity contribution is 7.84. The average molecular weight is 334 g/mol. The van der Waals surface area contributed by atoms with Crippen molar-refractivity contribution in [2.75, 3.05) is 12.9 Å². The molecule has 1 aromatic rings. The Balaban J connectivity index is 2.51. The summed E-state index contributed by atoms with van der Waals surface area (Å²) in [5.41, 5.74) is -0.364. The minimum absolute atomic E-state index is 0.0235. The Morgan fingerprint density at radius 2 is 2.09 bits per heavy atom. The molecule has 1 aromatic carbocycles. The molecule has 0 amide bonds. The van der Waals surface area contributed by atoms with Gasteiger partial charge in [0.2, 0.25) is 6.10 Å². The average Bonchev–Trinajstić information content (AvgIpc) is 2.44. The number of halogens is 3. The number of esters is 1. The molecule has 22 heavy (non-hydrogen) atoms. The van der Waals surface area contributed by atoms with Crippen molar-refractivity contribution in [1.29, 1.82) is 0 Å². The van der Waals surface area contributed by atoms with Crippen LogP contribution >= 0.6 is 0 Å². The molecule has 0 saturated heterocycles. The van der Waals surface area contributed by atoms with E-state index in [0.717, 1.165) is 6.08 Å². The van der Waals surface area contributed by atoms with Crippen molar-refractivity contribution in [3.8, 4) is 5.75 Å². The zero-order valence-corrected chi connectivity index (χ0v) is 12.6. The minimum atomic E-state index is -4.75. The maximum Gasteiger partial charge on any atom is 0.430 e. The second-order valence-corrected chi connectivity index (χ2v) is 5.89. The lowest BCUT2D eigenvalue weighted by Gasteiger charge is -2.27. The summed E-state index contributed by atoms with van der Waals surface area (Å²) >= 11 is 0. The molecule has 0 radical (unpaired) electrons. The fourth-order valence-electron chi connectivity index (χ4n) is 1.98. The fraction of sp³-hybridized carbons (Fsp3) is 0.357. The Kier molecular flexibility index (Phi) is 4.60. The molecular weight excluding hydrogens is 321 g/mol. The van der Waals surface area contributed by atoms with Crippen LogP contribution in [0.2, 0.25) is 0 Å². The van der Waals surface area contributed by atoms with E-state index in [1.165, 1.54) is 31.4 Å². The van der Waals surface area contributed by atoms with Gasteiger partial charge in [0.25, 0.3) is 0 Å². The van der Waals surface area contributed by atoms with Crippen LogP contribution in [0.4, 0.5) is 13.2 Å². The molecule has 2 unspecified atom stereocenters. The standard InChI is InChI=1S/C14H13F3O4S/c1-3-20-13(18)10-7-8-6-9(22(2)19)4-5-11(8)21-12(10)14(15,16)17/h4-7,12H,3H2,1-2H3. The lowest BCUT2D eigenvalue weighted by atomic mass is 10.0. The number of carbonyl (C=O) groups excluding carboxylic acids is 1. The number of hydrogen-bond donors (Lipinski definition) is 0. The van der Waals surface area contributed by atoms with Crippen LogP contribution in [0, 0.1) is 0 Å². The third kappa shape index (κ3) is 3.32. The minimum Gasteiger partial charge on any atom is -0.475 e. The summed E-state index contributed by atoms with van der Waals surface area (Å²) in [6, 6.07) is 4.16. The first-order valence-corrected chi connectivity index (χ1v) is 7.89. The smallest absolute Gasteiger partial charge is 0.430 e. The third-order valence-electron chi connectivity index (χ3n) is 2.96. The van der Waals surface area contributed by atoms with Crippen LogP contribution in [0.1, 0.15) is 12.5 Å². The Labute approximate surface area is 127 Å². The molecule has 0 saturated carbocycles. The molecule has 0 fully saturated rings. The Morgan fingerprint density at radius 1 is 1.41 bits per heavy atom. The van der Waals surface area contributed by atoms with Crippen LogP contribution in [0.25, 0.3) is 6.08 Å². The normalized spacial score (nSPS) is 18.8. The van der Waals surface area contributed by atoms with Crippen molar-refractivity contribution >= 4 is 22.8 Å². The van der Waals surface area contributed by atoms with Crippen molar-refractivity contribution in [2.24, 2.45) is 0 Å². The van der Waals surface area contributed by atoms with Crippen LogP contribution in [0.3, 0.4) is 0 Å². The summed E-state index contributed by atoms with van der Waals surface area (Å²) in [6.07, 6.45) is -4.61. The van der Waals surface area contributed by atoms with Crippen LogP contribution in [0.15, 0.2) is 28.7 Å². The van der Waals surface area contributed by atoms with Crippen LogP contribution < -0.4 is 4.74 Å². The second kappa shape index (κ2) is 6.12. The number of carbonyl (C=O) groups is 1. The van der Waals surface area contributed by atoms with E-state index < -0.39 is 34.6 Å². The van der Waals surface area contributed by atoms with E-state index in [9.17, 15) is 22.2 Å². The highest BCUT2D eigenvalue weighted by atomic mass is 32.2. The van der Waals surface area contributed by atoms with E-state index >= 15 is 0 Å². The van der Waals surface area contributed by atoms with E-state index in [2.05, 4.69) is 4.74 Å². The van der Waals surface area contributed by atoms with E-state index in [1.54, 1.807) is 0 Å². The highest BCUT2D eigenvalue weighted by Gasteiger charge is 2.48. The summed E-state index contributed by atoms with van der Waals surface area (Å²) in [7, 11) is -1.30.